The molecule has 4 nitrogen and oxygen atoms in total. The number of rotatable bonds is 1. The Hall–Kier alpha value is -0.190. The number of urea groups is 1. The molecule has 1 atom stereocenters. The molecule has 1 aliphatic rings. The van der Waals surface area contributed by atoms with Gasteiger partial charge in [-0.25, -0.2) is 4.79 Å². The number of hydrogen-bond acceptors (Lipinski definition) is 2. The molecular formula is C7H17Cl2N3O. The van der Waals surface area contributed by atoms with Gasteiger partial charge < -0.3 is 16.0 Å². The summed E-state index contributed by atoms with van der Waals surface area (Å²) in [5, 5.41) is 2.74. The van der Waals surface area contributed by atoms with Gasteiger partial charge >= 0.3 is 6.03 Å². The van der Waals surface area contributed by atoms with E-state index in [1.54, 1.807) is 4.90 Å². The average molecular weight is 230 g/mol. The van der Waals surface area contributed by atoms with Crippen LogP contribution in [0.1, 0.15) is 13.3 Å². The first kappa shape index (κ1) is 15.3. The van der Waals surface area contributed by atoms with E-state index < -0.39 is 0 Å². The third-order valence-corrected chi connectivity index (χ3v) is 1.84. The van der Waals surface area contributed by atoms with E-state index in [-0.39, 0.29) is 36.9 Å². The Bertz CT molecular complexity index is 157. The monoisotopic (exact) mass is 229 g/mol. The third-order valence-electron chi connectivity index (χ3n) is 1.84. The average Bonchev–Trinajstić information content (AvgIpc) is 2.36. The highest BCUT2D eigenvalue weighted by Crippen LogP contribution is 2.05. The highest BCUT2D eigenvalue weighted by atomic mass is 35.5. The van der Waals surface area contributed by atoms with Crippen LogP contribution in [0.5, 0.6) is 0 Å². The Labute approximate surface area is 91.0 Å². The topological polar surface area (TPSA) is 58.4 Å². The highest BCUT2D eigenvalue weighted by molar-refractivity contribution is 5.85. The zero-order valence-electron chi connectivity index (χ0n) is 7.66. The molecule has 0 aromatic rings. The SMILES string of the molecule is CCNC(=O)N1CCC(N)C1.Cl.Cl. The molecule has 0 radical (unpaired) electrons. The lowest BCUT2D eigenvalue weighted by atomic mass is 10.3. The van der Waals surface area contributed by atoms with Gasteiger partial charge in [0.15, 0.2) is 0 Å². The molecule has 1 fully saturated rings. The normalized spacial score (nSPS) is 20.2. The van der Waals surface area contributed by atoms with Crippen LogP contribution in [0.3, 0.4) is 0 Å². The van der Waals surface area contributed by atoms with Crippen LogP contribution in [0.4, 0.5) is 4.79 Å². The second-order valence-corrected chi connectivity index (χ2v) is 2.83. The van der Waals surface area contributed by atoms with Gasteiger partial charge in [0.2, 0.25) is 0 Å². The van der Waals surface area contributed by atoms with Crippen LogP contribution in [-0.4, -0.2) is 36.6 Å². The first-order valence-corrected chi connectivity index (χ1v) is 4.02. The maximum absolute atomic E-state index is 11.2. The molecule has 1 rings (SSSR count). The first-order valence-electron chi connectivity index (χ1n) is 4.02. The van der Waals surface area contributed by atoms with Crippen LogP contribution < -0.4 is 11.1 Å². The van der Waals surface area contributed by atoms with E-state index in [1.807, 2.05) is 6.92 Å². The fourth-order valence-electron chi connectivity index (χ4n) is 1.23. The van der Waals surface area contributed by atoms with Crippen molar-refractivity contribution in [2.45, 2.75) is 19.4 Å². The van der Waals surface area contributed by atoms with E-state index in [0.717, 1.165) is 13.0 Å². The molecule has 0 aromatic heterocycles. The van der Waals surface area contributed by atoms with Crippen LogP contribution in [-0.2, 0) is 0 Å². The number of nitrogens with two attached hydrogens (primary N) is 1. The standard InChI is InChI=1S/C7H15N3O.2ClH/c1-2-9-7(11)10-4-3-6(8)5-10;;/h6H,2-5,8H2,1H3,(H,9,11);2*1H. The summed E-state index contributed by atoms with van der Waals surface area (Å²) in [7, 11) is 0. The second kappa shape index (κ2) is 7.24. The lowest BCUT2D eigenvalue weighted by Gasteiger charge is -2.15. The van der Waals surface area contributed by atoms with Gasteiger partial charge in [0.05, 0.1) is 0 Å². The van der Waals surface area contributed by atoms with Crippen LogP contribution >= 0.6 is 24.8 Å². The smallest absolute Gasteiger partial charge is 0.317 e. The van der Waals surface area contributed by atoms with Crippen LogP contribution in [0.25, 0.3) is 0 Å². The Morgan fingerprint density at radius 3 is 2.62 bits per heavy atom. The van der Waals surface area contributed by atoms with Gasteiger partial charge in [0, 0.05) is 25.7 Å². The summed E-state index contributed by atoms with van der Waals surface area (Å²) < 4.78 is 0. The molecule has 13 heavy (non-hydrogen) atoms. The van der Waals surface area contributed by atoms with E-state index in [0.29, 0.717) is 13.1 Å². The van der Waals surface area contributed by atoms with Crippen molar-refractivity contribution in [3.8, 4) is 0 Å². The molecular weight excluding hydrogens is 213 g/mol. The fourth-order valence-corrected chi connectivity index (χ4v) is 1.23. The fraction of sp³-hybridized carbons (Fsp3) is 0.857. The number of carbonyl (C=O) groups excluding carboxylic acids is 1. The summed E-state index contributed by atoms with van der Waals surface area (Å²) >= 11 is 0. The lowest BCUT2D eigenvalue weighted by Crippen LogP contribution is -2.39. The minimum absolute atomic E-state index is 0. The van der Waals surface area contributed by atoms with Crippen molar-refractivity contribution in [3.05, 3.63) is 0 Å². The molecule has 6 heteroatoms. The van der Waals surface area contributed by atoms with Gasteiger partial charge in [-0.3, -0.25) is 0 Å². The Morgan fingerprint density at radius 1 is 1.62 bits per heavy atom. The molecule has 0 aliphatic carbocycles. The third kappa shape index (κ3) is 4.55. The van der Waals surface area contributed by atoms with Gasteiger partial charge in [-0.2, -0.15) is 0 Å². The number of likely N-dealkylation sites (tertiary alicyclic amines) is 1. The molecule has 1 aliphatic heterocycles. The van der Waals surface area contributed by atoms with E-state index >= 15 is 0 Å². The first-order chi connectivity index (χ1) is 5.24. The Kier molecular flexibility index (Phi) is 8.51. The Balaban J connectivity index is 0. The number of amides is 2. The molecule has 1 unspecified atom stereocenters. The number of carbonyl (C=O) groups is 1. The molecule has 3 N–H and O–H groups in total. The number of halogens is 2. The second-order valence-electron chi connectivity index (χ2n) is 2.83. The van der Waals surface area contributed by atoms with Crippen molar-refractivity contribution in [1.82, 2.24) is 10.2 Å². The Morgan fingerprint density at radius 2 is 2.23 bits per heavy atom. The van der Waals surface area contributed by atoms with E-state index in [4.69, 9.17) is 5.73 Å². The van der Waals surface area contributed by atoms with Crippen LogP contribution in [0.15, 0.2) is 0 Å². The maximum atomic E-state index is 11.2. The molecule has 0 spiro atoms. The maximum Gasteiger partial charge on any atom is 0.317 e. The number of nitrogens with zero attached hydrogens (tertiary/aromatic N) is 1. The zero-order valence-corrected chi connectivity index (χ0v) is 9.29. The molecule has 1 saturated heterocycles. The summed E-state index contributed by atoms with van der Waals surface area (Å²) in [6.45, 7) is 4.09. The molecule has 0 aromatic carbocycles. The largest absolute Gasteiger partial charge is 0.338 e. The van der Waals surface area contributed by atoms with Gasteiger partial charge in [0.25, 0.3) is 0 Å². The molecule has 2 amide bonds. The quantitative estimate of drug-likeness (QED) is 0.692. The molecule has 0 bridgehead atoms. The van der Waals surface area contributed by atoms with E-state index in [2.05, 4.69) is 5.32 Å². The van der Waals surface area contributed by atoms with Gasteiger partial charge in [-0.1, -0.05) is 0 Å². The summed E-state index contributed by atoms with van der Waals surface area (Å²) in [5.74, 6) is 0. The van der Waals surface area contributed by atoms with E-state index in [1.165, 1.54) is 0 Å². The molecule has 0 saturated carbocycles. The van der Waals surface area contributed by atoms with Crippen molar-refractivity contribution in [2.24, 2.45) is 5.73 Å². The summed E-state index contributed by atoms with van der Waals surface area (Å²) in [6, 6.07) is 0.193. The van der Waals surface area contributed by atoms with Gasteiger partial charge in [0.1, 0.15) is 0 Å². The number of nitrogens with one attached hydrogen (secondary N) is 1. The summed E-state index contributed by atoms with van der Waals surface area (Å²) in [6.07, 6.45) is 0.928. The minimum atomic E-state index is 0. The van der Waals surface area contributed by atoms with Crippen molar-refractivity contribution in [2.75, 3.05) is 19.6 Å². The highest BCUT2D eigenvalue weighted by Gasteiger charge is 2.22. The zero-order chi connectivity index (χ0) is 8.27. The number of hydrogen-bond donors (Lipinski definition) is 2. The van der Waals surface area contributed by atoms with Crippen molar-refractivity contribution in [3.63, 3.8) is 0 Å². The van der Waals surface area contributed by atoms with Gasteiger partial charge in [-0.15, -0.1) is 24.8 Å². The van der Waals surface area contributed by atoms with Crippen LogP contribution in [0.2, 0.25) is 0 Å². The van der Waals surface area contributed by atoms with Crippen LogP contribution in [0, 0.1) is 0 Å². The van der Waals surface area contributed by atoms with Crippen molar-refractivity contribution in [1.29, 1.82) is 0 Å². The minimum Gasteiger partial charge on any atom is -0.338 e. The van der Waals surface area contributed by atoms with Gasteiger partial charge in [-0.05, 0) is 13.3 Å². The molecule has 1 heterocycles. The predicted octanol–water partition coefficient (Wildman–Crippen LogP) is 0.593. The summed E-state index contributed by atoms with van der Waals surface area (Å²) in [5.41, 5.74) is 5.64. The lowest BCUT2D eigenvalue weighted by molar-refractivity contribution is 0.209. The van der Waals surface area contributed by atoms with Crippen molar-refractivity contribution >= 4 is 30.8 Å². The summed E-state index contributed by atoms with van der Waals surface area (Å²) in [4.78, 5) is 12.9. The van der Waals surface area contributed by atoms with E-state index in [9.17, 15) is 4.79 Å². The van der Waals surface area contributed by atoms with Crippen molar-refractivity contribution < 1.29 is 4.79 Å². The molecule has 80 valence electrons. The predicted molar refractivity (Wildman–Crippen MR) is 57.7 cm³/mol.